The molecule has 2 aliphatic rings. The summed E-state index contributed by atoms with van der Waals surface area (Å²) in [5, 5.41) is 28.0. The van der Waals surface area contributed by atoms with Crippen LogP contribution in [0.3, 0.4) is 0 Å². The summed E-state index contributed by atoms with van der Waals surface area (Å²) >= 11 is 5.77. The minimum atomic E-state index is -4.68. The van der Waals surface area contributed by atoms with Gasteiger partial charge in [0.2, 0.25) is 0 Å². The smallest absolute Gasteiger partial charge is 0.397 e. The third kappa shape index (κ3) is 7.29. The molecule has 0 unspecified atom stereocenters. The van der Waals surface area contributed by atoms with Gasteiger partial charge in [0, 0.05) is 18.7 Å². The molecular formula is C26H31ClF5N3O6S. The average Bonchev–Trinajstić information content (AvgIpc) is 3.68. The summed E-state index contributed by atoms with van der Waals surface area (Å²) in [4.78, 5) is 13.0. The molecule has 2 fully saturated rings. The first-order valence-electron chi connectivity index (χ1n) is 13.2. The van der Waals surface area contributed by atoms with E-state index in [0.29, 0.717) is 18.8 Å². The molecule has 0 saturated heterocycles. The van der Waals surface area contributed by atoms with E-state index in [2.05, 4.69) is 22.1 Å². The summed E-state index contributed by atoms with van der Waals surface area (Å²) in [7, 11) is 0. The monoisotopic (exact) mass is 643 g/mol. The number of aliphatic hydroxyl groups is 2. The van der Waals surface area contributed by atoms with Crippen molar-refractivity contribution in [3.8, 4) is 17.0 Å². The molecule has 42 heavy (non-hydrogen) atoms. The Morgan fingerprint density at radius 1 is 1.24 bits per heavy atom. The number of rotatable bonds is 9. The van der Waals surface area contributed by atoms with Gasteiger partial charge in [-0.05, 0) is 69.1 Å². The topological polar surface area (TPSA) is 131 Å². The van der Waals surface area contributed by atoms with Crippen LogP contribution in [0.2, 0.25) is 5.02 Å². The molecule has 3 N–H and O–H groups in total. The molecule has 9 nitrogen and oxygen atoms in total. The van der Waals surface area contributed by atoms with Gasteiger partial charge < -0.3 is 20.3 Å². The second-order valence-electron chi connectivity index (χ2n) is 10.7. The molecule has 1 aromatic heterocycles. The minimum absolute atomic E-state index is 0.0174. The van der Waals surface area contributed by atoms with Gasteiger partial charge in [-0.25, -0.2) is 0 Å². The Hall–Kier alpha value is -2.62. The molecule has 1 aromatic carbocycles. The van der Waals surface area contributed by atoms with E-state index in [4.69, 9.17) is 20.0 Å². The lowest BCUT2D eigenvalue weighted by molar-refractivity contribution is -0.215. The highest BCUT2D eigenvalue weighted by Crippen LogP contribution is 2.64. The van der Waals surface area contributed by atoms with E-state index in [1.807, 2.05) is 0 Å². The van der Waals surface area contributed by atoms with E-state index < -0.39 is 53.1 Å². The molecule has 1 heterocycles. The van der Waals surface area contributed by atoms with Crippen LogP contribution >= 0.6 is 11.6 Å². The van der Waals surface area contributed by atoms with E-state index >= 15 is 0 Å². The summed E-state index contributed by atoms with van der Waals surface area (Å²) < 4.78 is 89.8. The van der Waals surface area contributed by atoms with Crippen LogP contribution in [0, 0.1) is 11.3 Å². The molecule has 1 atom stereocenters. The third-order valence-electron chi connectivity index (χ3n) is 7.86. The molecule has 0 radical (unpaired) electrons. The first kappa shape index (κ1) is 33.9. The number of carbonyl (C=O) groups excluding carboxylic acids is 1. The SMILES string of the molecule is CCn1nc(C(=O)NCC2(O)CCC(C)CC2)c(Cl)c1-c1ccc([C@@H](O)C2(C(F)(F)F)CC2)cc1OC(F)F.O=S=O. The summed E-state index contributed by atoms with van der Waals surface area (Å²) in [6, 6.07) is 3.33. The average molecular weight is 644 g/mol. The van der Waals surface area contributed by atoms with E-state index in [-0.39, 0.29) is 53.5 Å². The highest BCUT2D eigenvalue weighted by atomic mass is 35.5. The normalized spacial score (nSPS) is 22.1. The van der Waals surface area contributed by atoms with Crippen molar-refractivity contribution in [2.45, 2.75) is 83.4 Å². The van der Waals surface area contributed by atoms with Gasteiger partial charge in [-0.15, -0.1) is 0 Å². The Morgan fingerprint density at radius 3 is 2.33 bits per heavy atom. The molecule has 2 saturated carbocycles. The predicted molar refractivity (Wildman–Crippen MR) is 141 cm³/mol. The highest BCUT2D eigenvalue weighted by Gasteiger charge is 2.67. The molecular weight excluding hydrogens is 613 g/mol. The van der Waals surface area contributed by atoms with Crippen LogP contribution in [0.4, 0.5) is 22.0 Å². The molecule has 234 valence electrons. The van der Waals surface area contributed by atoms with Crippen LogP contribution in [-0.4, -0.2) is 59.3 Å². The van der Waals surface area contributed by atoms with Crippen LogP contribution in [0.5, 0.6) is 5.75 Å². The van der Waals surface area contributed by atoms with E-state index in [1.54, 1.807) is 6.92 Å². The third-order valence-corrected chi connectivity index (χ3v) is 8.22. The van der Waals surface area contributed by atoms with Crippen LogP contribution in [0.25, 0.3) is 11.3 Å². The van der Waals surface area contributed by atoms with Crippen molar-refractivity contribution in [1.82, 2.24) is 15.1 Å². The number of aryl methyl sites for hydroxylation is 1. The number of hydrogen-bond acceptors (Lipinski definition) is 7. The first-order chi connectivity index (χ1) is 19.6. The van der Waals surface area contributed by atoms with E-state index in [1.165, 1.54) is 16.8 Å². The first-order valence-corrected chi connectivity index (χ1v) is 14.2. The van der Waals surface area contributed by atoms with Gasteiger partial charge in [-0.3, -0.25) is 9.48 Å². The van der Waals surface area contributed by atoms with Crippen LogP contribution in [-0.2, 0) is 18.1 Å². The zero-order valence-corrected chi connectivity index (χ0v) is 24.3. The summed E-state index contributed by atoms with van der Waals surface area (Å²) in [6.07, 6.45) is -4.53. The van der Waals surface area contributed by atoms with E-state index in [9.17, 15) is 37.0 Å². The molecule has 0 spiro atoms. The summed E-state index contributed by atoms with van der Waals surface area (Å²) in [6.45, 7) is 0.589. The Morgan fingerprint density at radius 2 is 1.83 bits per heavy atom. The Kier molecular flexibility index (Phi) is 10.8. The number of aliphatic hydroxyl groups excluding tert-OH is 1. The molecule has 1 amide bonds. The highest BCUT2D eigenvalue weighted by molar-refractivity contribution is 7.51. The fraction of sp³-hybridized carbons (Fsp3) is 0.615. The Bertz CT molecular complexity index is 1310. The molecule has 2 aliphatic carbocycles. The lowest BCUT2D eigenvalue weighted by Gasteiger charge is -2.34. The van der Waals surface area contributed by atoms with Gasteiger partial charge in [-0.1, -0.05) is 24.6 Å². The second kappa shape index (κ2) is 13.3. The van der Waals surface area contributed by atoms with Gasteiger partial charge >= 0.3 is 24.4 Å². The van der Waals surface area contributed by atoms with Crippen molar-refractivity contribution in [2.75, 3.05) is 6.54 Å². The number of aromatic nitrogens is 2. The van der Waals surface area contributed by atoms with Gasteiger partial charge in [0.1, 0.15) is 5.75 Å². The maximum absolute atomic E-state index is 13.5. The summed E-state index contributed by atoms with van der Waals surface area (Å²) in [5.74, 6) is -0.711. The number of carbonyl (C=O) groups is 1. The zero-order chi connectivity index (χ0) is 31.5. The maximum Gasteiger partial charge on any atom is 0.397 e. The van der Waals surface area contributed by atoms with Gasteiger partial charge in [-0.2, -0.15) is 35.5 Å². The van der Waals surface area contributed by atoms with Gasteiger partial charge in [0.25, 0.3) is 5.91 Å². The standard InChI is InChI=1S/C26H31ClF5N3O4.O2S/c1-3-35-20(18(27)19(34-35)22(37)33-13-24(38)8-6-14(2)7-9-24)16-5-4-15(12-17(16)39-23(28)29)21(36)25(10-11-25)26(30,31)32;1-3-2/h4-5,12,14,21,23,36,38H,3,6-11,13H2,1-2H3,(H,33,37);/t14?,21-,24?;/m1./s1. The van der Waals surface area contributed by atoms with Crippen LogP contribution in [0.15, 0.2) is 18.2 Å². The van der Waals surface area contributed by atoms with Crippen LogP contribution < -0.4 is 10.1 Å². The molecule has 2 aromatic rings. The van der Waals surface area contributed by atoms with Gasteiger partial charge in [0.15, 0.2) is 5.69 Å². The number of amides is 1. The van der Waals surface area contributed by atoms with Crippen molar-refractivity contribution < 1.29 is 50.1 Å². The lowest BCUT2D eigenvalue weighted by Crippen LogP contribution is -2.45. The largest absolute Gasteiger partial charge is 0.434 e. The number of ether oxygens (including phenoxy) is 1. The second-order valence-corrected chi connectivity index (χ2v) is 11.2. The van der Waals surface area contributed by atoms with Crippen molar-refractivity contribution in [2.24, 2.45) is 11.3 Å². The summed E-state index contributed by atoms with van der Waals surface area (Å²) in [5.41, 5.74) is -3.84. The Labute approximate surface area is 247 Å². The van der Waals surface area contributed by atoms with Crippen molar-refractivity contribution >= 4 is 29.1 Å². The molecule has 0 bridgehead atoms. The van der Waals surface area contributed by atoms with Crippen molar-refractivity contribution in [3.05, 3.63) is 34.5 Å². The quantitative estimate of drug-likeness (QED) is 0.320. The van der Waals surface area contributed by atoms with E-state index in [0.717, 1.165) is 18.9 Å². The molecule has 4 rings (SSSR count). The number of alkyl halides is 5. The van der Waals surface area contributed by atoms with Crippen molar-refractivity contribution in [1.29, 1.82) is 0 Å². The number of nitrogens with one attached hydrogen (secondary N) is 1. The fourth-order valence-electron chi connectivity index (χ4n) is 5.14. The predicted octanol–water partition coefficient (Wildman–Crippen LogP) is 5.20. The zero-order valence-electron chi connectivity index (χ0n) is 22.7. The van der Waals surface area contributed by atoms with Crippen molar-refractivity contribution in [3.63, 3.8) is 0 Å². The number of nitrogens with zero attached hydrogens (tertiary/aromatic N) is 2. The molecule has 16 heteroatoms. The Balaban J connectivity index is 0.00000155. The minimum Gasteiger partial charge on any atom is -0.434 e. The molecule has 0 aliphatic heterocycles. The van der Waals surface area contributed by atoms with Gasteiger partial charge in [0.05, 0.1) is 27.8 Å². The number of benzene rings is 1. The lowest BCUT2D eigenvalue weighted by atomic mass is 9.79. The number of hydrogen-bond donors (Lipinski definition) is 3. The fourth-order valence-corrected chi connectivity index (χ4v) is 5.46. The number of halogens is 6. The van der Waals surface area contributed by atoms with Crippen LogP contribution in [0.1, 0.15) is 74.5 Å². The maximum atomic E-state index is 13.5.